The van der Waals surface area contributed by atoms with E-state index in [4.69, 9.17) is 15.2 Å². The Morgan fingerprint density at radius 3 is 2.78 bits per heavy atom. The highest BCUT2D eigenvalue weighted by Gasteiger charge is 2.37. The standard InChI is InChI=1S/C19H26N4O4/c1-26-14-4-2-12(3-5-14)8-15-18(16(24)11-22-15)27-19(25)23-10-13-6-7-21-17(20)9-13/h2-7,9,15-16,18-19,22-25H,8,10-11H2,1H3,(H2,20,21)/t15-,16+,18+,19?/m1/s1. The molecule has 27 heavy (non-hydrogen) atoms. The Morgan fingerprint density at radius 1 is 1.30 bits per heavy atom. The number of nitrogens with two attached hydrogens (primary N) is 1. The van der Waals surface area contributed by atoms with Crippen molar-refractivity contribution in [3.05, 3.63) is 53.7 Å². The number of anilines is 1. The average molecular weight is 374 g/mol. The number of pyridine rings is 1. The number of aliphatic hydroxyl groups is 2. The summed E-state index contributed by atoms with van der Waals surface area (Å²) in [7, 11) is 1.63. The van der Waals surface area contributed by atoms with E-state index >= 15 is 0 Å². The molecular formula is C19H26N4O4. The summed E-state index contributed by atoms with van der Waals surface area (Å²) < 4.78 is 10.8. The van der Waals surface area contributed by atoms with E-state index in [0.29, 0.717) is 25.3 Å². The number of benzene rings is 1. The lowest BCUT2D eigenvalue weighted by atomic mass is 10.0. The first-order chi connectivity index (χ1) is 13.0. The summed E-state index contributed by atoms with van der Waals surface area (Å²) >= 11 is 0. The minimum Gasteiger partial charge on any atom is -0.497 e. The number of aliphatic hydroxyl groups excluding tert-OH is 2. The first kappa shape index (κ1) is 19.5. The van der Waals surface area contributed by atoms with Crippen molar-refractivity contribution in [2.75, 3.05) is 19.4 Å². The third kappa shape index (κ3) is 5.38. The van der Waals surface area contributed by atoms with E-state index in [2.05, 4.69) is 15.6 Å². The van der Waals surface area contributed by atoms with Crippen LogP contribution in [0.4, 0.5) is 5.82 Å². The number of nitrogen functional groups attached to an aromatic ring is 1. The van der Waals surface area contributed by atoms with Crippen molar-refractivity contribution in [3.63, 3.8) is 0 Å². The molecule has 1 aliphatic rings. The Kier molecular flexibility index (Phi) is 6.59. The Labute approximate surface area is 158 Å². The van der Waals surface area contributed by atoms with Gasteiger partial charge in [0.05, 0.1) is 13.2 Å². The molecule has 6 N–H and O–H groups in total. The molecule has 0 aliphatic carbocycles. The Hall–Kier alpha value is -2.23. The second kappa shape index (κ2) is 9.12. The van der Waals surface area contributed by atoms with Crippen LogP contribution in [0.15, 0.2) is 42.6 Å². The predicted molar refractivity (Wildman–Crippen MR) is 101 cm³/mol. The second-order valence-electron chi connectivity index (χ2n) is 6.56. The zero-order valence-electron chi connectivity index (χ0n) is 15.2. The molecule has 0 amide bonds. The fourth-order valence-corrected chi connectivity index (χ4v) is 3.17. The number of methoxy groups -OCH3 is 1. The summed E-state index contributed by atoms with van der Waals surface area (Å²) in [6, 6.07) is 11.2. The largest absolute Gasteiger partial charge is 0.497 e. The molecule has 1 aliphatic heterocycles. The van der Waals surface area contributed by atoms with Crippen molar-refractivity contribution in [2.24, 2.45) is 0 Å². The van der Waals surface area contributed by atoms with Crippen LogP contribution in [0.5, 0.6) is 5.75 Å². The fourth-order valence-electron chi connectivity index (χ4n) is 3.17. The van der Waals surface area contributed by atoms with Gasteiger partial charge in [-0.1, -0.05) is 12.1 Å². The van der Waals surface area contributed by atoms with Gasteiger partial charge in [0.2, 0.25) is 6.41 Å². The summed E-state index contributed by atoms with van der Waals surface area (Å²) in [6.45, 7) is 0.784. The van der Waals surface area contributed by atoms with Crippen LogP contribution in [0.25, 0.3) is 0 Å². The zero-order chi connectivity index (χ0) is 19.2. The molecular weight excluding hydrogens is 348 g/mol. The van der Waals surface area contributed by atoms with Crippen LogP contribution < -0.4 is 21.1 Å². The maximum absolute atomic E-state index is 10.2. The van der Waals surface area contributed by atoms with Crippen LogP contribution in [0, 0.1) is 0 Å². The summed E-state index contributed by atoms with van der Waals surface area (Å²) in [5.74, 6) is 1.21. The highest BCUT2D eigenvalue weighted by Crippen LogP contribution is 2.19. The quantitative estimate of drug-likeness (QED) is 0.409. The summed E-state index contributed by atoms with van der Waals surface area (Å²) in [5, 5.41) is 26.5. The third-order valence-corrected chi connectivity index (χ3v) is 4.59. The van der Waals surface area contributed by atoms with Crippen molar-refractivity contribution in [2.45, 2.75) is 37.6 Å². The van der Waals surface area contributed by atoms with Crippen LogP contribution in [-0.2, 0) is 17.7 Å². The van der Waals surface area contributed by atoms with E-state index in [-0.39, 0.29) is 6.04 Å². The van der Waals surface area contributed by atoms with Gasteiger partial charge in [0.1, 0.15) is 17.7 Å². The van der Waals surface area contributed by atoms with Gasteiger partial charge in [0, 0.05) is 25.3 Å². The van der Waals surface area contributed by atoms with Gasteiger partial charge in [-0.25, -0.2) is 4.98 Å². The first-order valence-electron chi connectivity index (χ1n) is 8.87. The first-order valence-corrected chi connectivity index (χ1v) is 8.87. The Balaban J connectivity index is 1.54. The lowest BCUT2D eigenvalue weighted by Gasteiger charge is -2.25. The third-order valence-electron chi connectivity index (χ3n) is 4.59. The van der Waals surface area contributed by atoms with E-state index < -0.39 is 18.6 Å². The van der Waals surface area contributed by atoms with Crippen molar-refractivity contribution in [3.8, 4) is 5.75 Å². The highest BCUT2D eigenvalue weighted by molar-refractivity contribution is 5.31. The predicted octanol–water partition coefficient (Wildman–Crippen LogP) is -0.00150. The number of nitrogens with one attached hydrogen (secondary N) is 2. The second-order valence-corrected chi connectivity index (χ2v) is 6.56. The molecule has 1 aromatic heterocycles. The van der Waals surface area contributed by atoms with Crippen molar-refractivity contribution in [1.29, 1.82) is 0 Å². The molecule has 0 radical (unpaired) electrons. The molecule has 8 nitrogen and oxygen atoms in total. The fraction of sp³-hybridized carbons (Fsp3) is 0.421. The average Bonchev–Trinajstić information content (AvgIpc) is 3.00. The van der Waals surface area contributed by atoms with Gasteiger partial charge < -0.3 is 30.7 Å². The number of hydrogen-bond acceptors (Lipinski definition) is 8. The number of aromatic nitrogens is 1. The monoisotopic (exact) mass is 374 g/mol. The minimum absolute atomic E-state index is 0.110. The SMILES string of the molecule is COc1ccc(C[C@H]2NC[C@H](O)[C@H]2OC(O)NCc2ccnc(N)c2)cc1. The molecule has 2 aromatic rings. The van der Waals surface area contributed by atoms with Gasteiger partial charge in [-0.2, -0.15) is 0 Å². The zero-order valence-corrected chi connectivity index (χ0v) is 15.2. The summed E-state index contributed by atoms with van der Waals surface area (Å²) in [4.78, 5) is 3.93. The van der Waals surface area contributed by atoms with Crippen molar-refractivity contribution < 1.29 is 19.7 Å². The molecule has 146 valence electrons. The maximum atomic E-state index is 10.2. The highest BCUT2D eigenvalue weighted by atomic mass is 16.6. The van der Waals surface area contributed by atoms with Crippen LogP contribution in [0.2, 0.25) is 0 Å². The van der Waals surface area contributed by atoms with Crippen LogP contribution >= 0.6 is 0 Å². The van der Waals surface area contributed by atoms with Crippen molar-refractivity contribution >= 4 is 5.82 Å². The van der Waals surface area contributed by atoms with Gasteiger partial charge in [-0.3, -0.25) is 5.32 Å². The van der Waals surface area contributed by atoms with Gasteiger partial charge in [-0.15, -0.1) is 0 Å². The normalized spacial score (nSPS) is 23.3. The molecule has 1 aromatic carbocycles. The lowest BCUT2D eigenvalue weighted by molar-refractivity contribution is -0.176. The van der Waals surface area contributed by atoms with E-state index in [1.165, 1.54) is 0 Å². The van der Waals surface area contributed by atoms with E-state index in [9.17, 15) is 10.2 Å². The van der Waals surface area contributed by atoms with Gasteiger partial charge in [0.15, 0.2) is 0 Å². The smallest absolute Gasteiger partial charge is 0.214 e. The summed E-state index contributed by atoms with van der Waals surface area (Å²) in [6.07, 6.45) is -0.162. The van der Waals surface area contributed by atoms with Crippen LogP contribution in [0.1, 0.15) is 11.1 Å². The molecule has 2 heterocycles. The molecule has 1 unspecified atom stereocenters. The number of hydrogen-bond donors (Lipinski definition) is 5. The van der Waals surface area contributed by atoms with E-state index in [1.54, 1.807) is 25.4 Å². The molecule has 0 spiro atoms. The van der Waals surface area contributed by atoms with Gasteiger partial charge >= 0.3 is 0 Å². The van der Waals surface area contributed by atoms with Crippen LogP contribution in [-0.4, -0.2) is 53.5 Å². The molecule has 1 saturated heterocycles. The van der Waals surface area contributed by atoms with Crippen molar-refractivity contribution in [1.82, 2.24) is 15.6 Å². The molecule has 3 rings (SSSR count). The molecule has 4 atom stereocenters. The molecule has 8 heteroatoms. The van der Waals surface area contributed by atoms with E-state index in [0.717, 1.165) is 16.9 Å². The Bertz CT molecular complexity index is 728. The Morgan fingerprint density at radius 2 is 2.07 bits per heavy atom. The minimum atomic E-state index is -1.21. The van der Waals surface area contributed by atoms with Crippen LogP contribution in [0.3, 0.4) is 0 Å². The maximum Gasteiger partial charge on any atom is 0.214 e. The number of ether oxygens (including phenoxy) is 2. The molecule has 0 bridgehead atoms. The molecule has 0 saturated carbocycles. The van der Waals surface area contributed by atoms with Gasteiger partial charge in [-0.05, 0) is 41.8 Å². The number of β-amino-alcohol motifs (C(OH)–C–C–N with tert-alkyl or cyclic N) is 1. The number of nitrogens with zero attached hydrogens (tertiary/aromatic N) is 1. The van der Waals surface area contributed by atoms with E-state index in [1.807, 2.05) is 24.3 Å². The summed E-state index contributed by atoms with van der Waals surface area (Å²) in [5.41, 5.74) is 7.61. The number of rotatable bonds is 8. The lowest BCUT2D eigenvalue weighted by Crippen LogP contribution is -2.44. The molecule has 1 fully saturated rings. The van der Waals surface area contributed by atoms with Gasteiger partial charge in [0.25, 0.3) is 0 Å². The topological polar surface area (TPSA) is 122 Å².